The van der Waals surface area contributed by atoms with Crippen LogP contribution < -0.4 is 5.32 Å². The third-order valence-electron chi connectivity index (χ3n) is 4.51. The van der Waals surface area contributed by atoms with Gasteiger partial charge in [0, 0.05) is 31.5 Å². The second-order valence-electron chi connectivity index (χ2n) is 5.96. The second-order valence-corrected chi connectivity index (χ2v) is 5.96. The highest BCUT2D eigenvalue weighted by molar-refractivity contribution is 6.00. The van der Waals surface area contributed by atoms with Gasteiger partial charge in [0.05, 0.1) is 11.9 Å². The smallest absolute Gasteiger partial charge is 0.255 e. The van der Waals surface area contributed by atoms with Crippen LogP contribution in [0.5, 0.6) is 0 Å². The Morgan fingerprint density at radius 3 is 2.58 bits per heavy atom. The zero-order valence-electron chi connectivity index (χ0n) is 13.8. The molecule has 0 bridgehead atoms. The third kappa shape index (κ3) is 2.54. The van der Waals surface area contributed by atoms with Crippen LogP contribution in [-0.2, 0) is 10.3 Å². The molecule has 6 heteroatoms. The standard InChI is InChI=1S/C18H20N4O2/c1-13-4-6-14(7-5-13)16(23)22-11-3-8-18(22,17(24)19-2)15-12-20-9-10-21-15/h4-7,9-10,12H,3,8,11H2,1-2H3,(H,19,24). The van der Waals surface area contributed by atoms with Gasteiger partial charge < -0.3 is 10.2 Å². The number of amides is 2. The number of rotatable bonds is 3. The zero-order chi connectivity index (χ0) is 17.2. The Kier molecular flexibility index (Phi) is 4.29. The molecule has 2 amide bonds. The molecule has 1 aromatic carbocycles. The van der Waals surface area contributed by atoms with Crippen LogP contribution in [0.15, 0.2) is 42.9 Å². The molecule has 1 unspecified atom stereocenters. The summed E-state index contributed by atoms with van der Waals surface area (Å²) in [5.74, 6) is -0.400. The normalized spacial score (nSPS) is 20.0. The number of likely N-dealkylation sites (N-methyl/N-ethyl adjacent to an activating group) is 1. The van der Waals surface area contributed by atoms with Gasteiger partial charge >= 0.3 is 0 Å². The van der Waals surface area contributed by atoms with E-state index < -0.39 is 5.54 Å². The summed E-state index contributed by atoms with van der Waals surface area (Å²) in [6.45, 7) is 2.48. The van der Waals surface area contributed by atoms with Gasteiger partial charge in [0.2, 0.25) is 0 Å². The summed E-state index contributed by atoms with van der Waals surface area (Å²) < 4.78 is 0. The number of hydrogen-bond donors (Lipinski definition) is 1. The highest BCUT2D eigenvalue weighted by atomic mass is 16.2. The molecule has 1 aromatic heterocycles. The highest BCUT2D eigenvalue weighted by Crippen LogP contribution is 2.39. The lowest BCUT2D eigenvalue weighted by atomic mass is 9.90. The first-order valence-electron chi connectivity index (χ1n) is 7.97. The van der Waals surface area contributed by atoms with E-state index in [0.29, 0.717) is 24.2 Å². The van der Waals surface area contributed by atoms with Crippen LogP contribution in [0.2, 0.25) is 0 Å². The number of aromatic nitrogens is 2. The maximum absolute atomic E-state index is 13.1. The minimum absolute atomic E-state index is 0.165. The topological polar surface area (TPSA) is 75.2 Å². The fourth-order valence-electron chi connectivity index (χ4n) is 3.28. The van der Waals surface area contributed by atoms with Crippen molar-refractivity contribution in [2.75, 3.05) is 13.6 Å². The number of carbonyl (C=O) groups excluding carboxylic acids is 2. The Hall–Kier alpha value is -2.76. The van der Waals surface area contributed by atoms with E-state index in [1.165, 1.54) is 0 Å². The molecule has 1 N–H and O–H groups in total. The number of likely N-dealkylation sites (tertiary alicyclic amines) is 1. The summed E-state index contributed by atoms with van der Waals surface area (Å²) in [7, 11) is 1.58. The molecule has 2 heterocycles. The summed E-state index contributed by atoms with van der Waals surface area (Å²) in [6.07, 6.45) is 5.94. The Morgan fingerprint density at radius 1 is 1.21 bits per heavy atom. The van der Waals surface area contributed by atoms with Crippen LogP contribution in [0.25, 0.3) is 0 Å². The number of nitrogens with zero attached hydrogens (tertiary/aromatic N) is 3. The van der Waals surface area contributed by atoms with Crippen molar-refractivity contribution in [1.29, 1.82) is 0 Å². The molecule has 24 heavy (non-hydrogen) atoms. The summed E-state index contributed by atoms with van der Waals surface area (Å²) in [5, 5.41) is 2.69. The number of aryl methyl sites for hydroxylation is 1. The van der Waals surface area contributed by atoms with Crippen LogP contribution in [0.3, 0.4) is 0 Å². The van der Waals surface area contributed by atoms with E-state index in [2.05, 4.69) is 15.3 Å². The first-order valence-corrected chi connectivity index (χ1v) is 7.97. The van der Waals surface area contributed by atoms with E-state index in [1.807, 2.05) is 19.1 Å². The van der Waals surface area contributed by atoms with Gasteiger partial charge in [-0.2, -0.15) is 0 Å². The molecule has 1 fully saturated rings. The largest absolute Gasteiger partial charge is 0.357 e. The Morgan fingerprint density at radius 2 is 1.96 bits per heavy atom. The van der Waals surface area contributed by atoms with E-state index in [9.17, 15) is 9.59 Å². The van der Waals surface area contributed by atoms with Gasteiger partial charge in [-0.15, -0.1) is 0 Å². The first-order chi connectivity index (χ1) is 11.6. The van der Waals surface area contributed by atoms with Gasteiger partial charge in [-0.1, -0.05) is 17.7 Å². The summed E-state index contributed by atoms with van der Waals surface area (Å²) in [4.78, 5) is 35.9. The minimum atomic E-state index is -1.11. The summed E-state index contributed by atoms with van der Waals surface area (Å²) in [6, 6.07) is 7.38. The Labute approximate surface area is 140 Å². The second kappa shape index (κ2) is 6.39. The first kappa shape index (κ1) is 16.1. The number of nitrogens with one attached hydrogen (secondary N) is 1. The fraction of sp³-hybridized carbons (Fsp3) is 0.333. The van der Waals surface area contributed by atoms with Crippen molar-refractivity contribution in [1.82, 2.24) is 20.2 Å². The molecule has 1 aliphatic heterocycles. The average Bonchev–Trinajstić information content (AvgIpc) is 3.08. The molecule has 0 radical (unpaired) electrons. The van der Waals surface area contributed by atoms with Gasteiger partial charge in [0.15, 0.2) is 5.54 Å². The summed E-state index contributed by atoms with van der Waals surface area (Å²) in [5.41, 5.74) is 1.05. The number of hydrogen-bond acceptors (Lipinski definition) is 4. The zero-order valence-corrected chi connectivity index (χ0v) is 13.8. The molecule has 124 valence electrons. The van der Waals surface area contributed by atoms with Crippen molar-refractivity contribution in [2.45, 2.75) is 25.3 Å². The van der Waals surface area contributed by atoms with Gasteiger partial charge in [0.1, 0.15) is 0 Å². The summed E-state index contributed by atoms with van der Waals surface area (Å²) >= 11 is 0. The van der Waals surface area contributed by atoms with E-state index >= 15 is 0 Å². The molecule has 0 saturated carbocycles. The number of benzene rings is 1. The predicted molar refractivity (Wildman–Crippen MR) is 89.2 cm³/mol. The van der Waals surface area contributed by atoms with Gasteiger partial charge in [-0.05, 0) is 31.9 Å². The quantitative estimate of drug-likeness (QED) is 0.932. The van der Waals surface area contributed by atoms with Crippen molar-refractivity contribution in [3.8, 4) is 0 Å². The van der Waals surface area contributed by atoms with Gasteiger partial charge in [0.25, 0.3) is 11.8 Å². The maximum Gasteiger partial charge on any atom is 0.255 e. The predicted octanol–water partition coefficient (Wildman–Crippen LogP) is 1.66. The lowest BCUT2D eigenvalue weighted by Crippen LogP contribution is -2.54. The fourth-order valence-corrected chi connectivity index (χ4v) is 3.28. The van der Waals surface area contributed by atoms with Crippen LogP contribution in [-0.4, -0.2) is 40.3 Å². The molecule has 0 spiro atoms. The van der Waals surface area contributed by atoms with Crippen molar-refractivity contribution in [2.24, 2.45) is 0 Å². The van der Waals surface area contributed by atoms with Gasteiger partial charge in [-0.25, -0.2) is 0 Å². The molecule has 2 aromatic rings. The highest BCUT2D eigenvalue weighted by Gasteiger charge is 2.52. The SMILES string of the molecule is CNC(=O)C1(c2cnccn2)CCCN1C(=O)c1ccc(C)cc1. The van der Waals surface area contributed by atoms with Crippen molar-refractivity contribution in [3.63, 3.8) is 0 Å². The Balaban J connectivity index is 2.06. The molecule has 1 saturated heterocycles. The molecule has 0 aliphatic carbocycles. The lowest BCUT2D eigenvalue weighted by Gasteiger charge is -2.36. The van der Waals surface area contributed by atoms with Gasteiger partial charge in [-0.3, -0.25) is 19.6 Å². The van der Waals surface area contributed by atoms with Crippen molar-refractivity contribution in [3.05, 3.63) is 59.7 Å². The maximum atomic E-state index is 13.1. The lowest BCUT2D eigenvalue weighted by molar-refractivity contribution is -0.131. The number of carbonyl (C=O) groups is 2. The minimum Gasteiger partial charge on any atom is -0.357 e. The molecular formula is C18H20N4O2. The molecule has 1 aliphatic rings. The van der Waals surface area contributed by atoms with Crippen LogP contribution >= 0.6 is 0 Å². The average molecular weight is 324 g/mol. The molecule has 6 nitrogen and oxygen atoms in total. The monoisotopic (exact) mass is 324 g/mol. The van der Waals surface area contributed by atoms with Crippen LogP contribution in [0, 0.1) is 6.92 Å². The van der Waals surface area contributed by atoms with E-state index in [4.69, 9.17) is 0 Å². The molecular weight excluding hydrogens is 304 g/mol. The van der Waals surface area contributed by atoms with Crippen LogP contribution in [0.1, 0.15) is 34.5 Å². The van der Waals surface area contributed by atoms with E-state index in [0.717, 1.165) is 12.0 Å². The van der Waals surface area contributed by atoms with Crippen molar-refractivity contribution >= 4 is 11.8 Å². The van der Waals surface area contributed by atoms with Crippen molar-refractivity contribution < 1.29 is 9.59 Å². The van der Waals surface area contributed by atoms with E-state index in [-0.39, 0.29) is 11.8 Å². The Bertz CT molecular complexity index is 745. The van der Waals surface area contributed by atoms with E-state index in [1.54, 1.807) is 42.7 Å². The van der Waals surface area contributed by atoms with Crippen LogP contribution in [0.4, 0.5) is 0 Å². The molecule has 1 atom stereocenters. The molecule has 3 rings (SSSR count). The third-order valence-corrected chi connectivity index (χ3v) is 4.51.